The second-order valence-electron chi connectivity index (χ2n) is 9.17. The summed E-state index contributed by atoms with van der Waals surface area (Å²) in [6.07, 6.45) is 3.86. The van der Waals surface area contributed by atoms with Crippen LogP contribution in [0, 0.1) is 11.8 Å². The number of anilines is 2. The molecule has 2 fully saturated rings. The van der Waals surface area contributed by atoms with Crippen molar-refractivity contribution in [2.24, 2.45) is 11.8 Å². The minimum absolute atomic E-state index is 0.252. The first-order valence-electron chi connectivity index (χ1n) is 11.6. The van der Waals surface area contributed by atoms with Crippen molar-refractivity contribution in [1.82, 2.24) is 0 Å². The zero-order chi connectivity index (χ0) is 26.0. The lowest BCUT2D eigenvalue weighted by atomic mass is 9.86. The van der Waals surface area contributed by atoms with Crippen LogP contribution in [0.5, 0.6) is 5.75 Å². The molecule has 6 nitrogen and oxygen atoms in total. The van der Waals surface area contributed by atoms with Crippen molar-refractivity contribution in [1.29, 1.82) is 0 Å². The third-order valence-corrected chi connectivity index (χ3v) is 8.28. The number of Topliss-reactive ketones (excluding diaryl/α,β-unsaturated/α-hetero) is 1. The predicted molar refractivity (Wildman–Crippen MR) is 146 cm³/mol. The van der Waals surface area contributed by atoms with Gasteiger partial charge in [-0.25, -0.2) is 4.90 Å². The number of para-hydroxylation sites is 1. The molecule has 0 spiro atoms. The summed E-state index contributed by atoms with van der Waals surface area (Å²) in [5, 5.41) is 0.618. The Balaban J connectivity index is 1.49. The maximum atomic E-state index is 14.2. The molecule has 0 aliphatic carbocycles. The lowest BCUT2D eigenvalue weighted by molar-refractivity contribution is -0.122. The Labute approximate surface area is 231 Å². The Morgan fingerprint density at radius 3 is 2.35 bits per heavy atom. The van der Waals surface area contributed by atoms with E-state index in [1.165, 1.54) is 18.2 Å². The topological polar surface area (TPSA) is 66.9 Å². The molecule has 0 saturated carbocycles. The summed E-state index contributed by atoms with van der Waals surface area (Å²) in [5.41, 5.74) is 2.44. The third kappa shape index (κ3) is 3.71. The van der Waals surface area contributed by atoms with Crippen molar-refractivity contribution in [2.75, 3.05) is 16.9 Å². The molecule has 3 aliphatic rings. The minimum Gasteiger partial charge on any atom is -0.496 e. The lowest BCUT2D eigenvalue weighted by Gasteiger charge is -2.36. The van der Waals surface area contributed by atoms with E-state index in [-0.39, 0.29) is 11.7 Å². The number of fused-ring (bicyclic) bond motifs is 5. The van der Waals surface area contributed by atoms with E-state index in [0.717, 1.165) is 16.2 Å². The first kappa shape index (κ1) is 24.2. The molecule has 186 valence electrons. The first-order valence-corrected chi connectivity index (χ1v) is 13.1. The molecule has 9 heteroatoms. The predicted octanol–water partition coefficient (Wildman–Crippen LogP) is 6.04. The van der Waals surface area contributed by atoms with Crippen molar-refractivity contribution in [3.05, 3.63) is 92.4 Å². The summed E-state index contributed by atoms with van der Waals surface area (Å²) < 4.78 is 5.94. The molecule has 3 aliphatic heterocycles. The van der Waals surface area contributed by atoms with Gasteiger partial charge in [0.05, 0.1) is 35.1 Å². The Bertz CT molecular complexity index is 1500. The SMILES string of the molecule is COc1ccc(C(=O)[C@@H]2[C@@H]3C(=O)N(c4cc(Cl)cc(Cl)c4)C(=O)[C@@H]3[C@@H]3C=Cc4ccccc4N23)cc1Br. The molecule has 3 heterocycles. The molecule has 0 unspecified atom stereocenters. The normalized spacial score (nSPS) is 23.7. The third-order valence-electron chi connectivity index (χ3n) is 7.23. The molecule has 3 aromatic carbocycles. The number of carbonyl (C=O) groups excluding carboxylic acids is 3. The maximum absolute atomic E-state index is 14.2. The number of ketones is 1. The monoisotopic (exact) mass is 596 g/mol. The molecular formula is C28H19BrCl2N2O4. The number of hydrogen-bond acceptors (Lipinski definition) is 5. The Morgan fingerprint density at radius 2 is 1.65 bits per heavy atom. The van der Waals surface area contributed by atoms with Gasteiger partial charge in [-0.2, -0.15) is 0 Å². The first-order chi connectivity index (χ1) is 17.8. The smallest absolute Gasteiger partial charge is 0.240 e. The number of benzene rings is 3. The standard InChI is InChI=1S/C28H19BrCl2N2O4/c1-37-22-9-7-15(10-19(22)29)26(34)25-24-23(21-8-6-14-4-2-3-5-20(14)33(21)25)27(35)32(28(24)36)18-12-16(30)11-17(31)13-18/h2-13,21,23-25H,1H3/t21-,23+,24+,25-/m0/s1. The van der Waals surface area contributed by atoms with Crippen molar-refractivity contribution in [3.63, 3.8) is 0 Å². The van der Waals surface area contributed by atoms with Gasteiger partial charge in [0, 0.05) is 21.3 Å². The van der Waals surface area contributed by atoms with Gasteiger partial charge in [-0.05, 0) is 64.0 Å². The van der Waals surface area contributed by atoms with Crippen LogP contribution >= 0.6 is 39.1 Å². The van der Waals surface area contributed by atoms with E-state index in [4.69, 9.17) is 27.9 Å². The number of amides is 2. The quantitative estimate of drug-likeness (QED) is 0.271. The average Bonchev–Trinajstić information content (AvgIpc) is 3.35. The number of rotatable bonds is 4. The molecule has 3 aromatic rings. The van der Waals surface area contributed by atoms with Crippen LogP contribution in [0.1, 0.15) is 15.9 Å². The number of nitrogens with zero attached hydrogens (tertiary/aromatic N) is 2. The highest BCUT2D eigenvalue weighted by molar-refractivity contribution is 9.10. The van der Waals surface area contributed by atoms with E-state index >= 15 is 0 Å². The lowest BCUT2D eigenvalue weighted by Crippen LogP contribution is -2.48. The number of carbonyl (C=O) groups is 3. The largest absolute Gasteiger partial charge is 0.496 e. The number of hydrogen-bond donors (Lipinski definition) is 0. The van der Waals surface area contributed by atoms with E-state index in [2.05, 4.69) is 15.9 Å². The maximum Gasteiger partial charge on any atom is 0.240 e. The highest BCUT2D eigenvalue weighted by atomic mass is 79.9. The van der Waals surface area contributed by atoms with Crippen LogP contribution in [-0.4, -0.2) is 36.8 Å². The summed E-state index contributed by atoms with van der Waals surface area (Å²) in [6, 6.07) is 16.0. The number of ether oxygens (including phenoxy) is 1. The fourth-order valence-electron chi connectivity index (χ4n) is 5.73. The molecule has 0 bridgehead atoms. The van der Waals surface area contributed by atoms with E-state index < -0.39 is 29.8 Å². The van der Waals surface area contributed by atoms with Crippen LogP contribution in [0.25, 0.3) is 6.08 Å². The summed E-state index contributed by atoms with van der Waals surface area (Å²) >= 11 is 15.8. The van der Waals surface area contributed by atoms with Crippen LogP contribution in [-0.2, 0) is 9.59 Å². The molecule has 0 aromatic heterocycles. The number of methoxy groups -OCH3 is 1. The van der Waals surface area contributed by atoms with Crippen LogP contribution in [0.2, 0.25) is 10.0 Å². The van der Waals surface area contributed by atoms with Gasteiger partial charge < -0.3 is 9.64 Å². The fourth-order valence-corrected chi connectivity index (χ4v) is 6.78. The summed E-state index contributed by atoms with van der Waals surface area (Å²) in [6.45, 7) is 0. The van der Waals surface area contributed by atoms with Gasteiger partial charge in [0.1, 0.15) is 11.8 Å². The van der Waals surface area contributed by atoms with Gasteiger partial charge in [-0.1, -0.05) is 53.6 Å². The van der Waals surface area contributed by atoms with Crippen LogP contribution in [0.3, 0.4) is 0 Å². The molecule has 0 N–H and O–H groups in total. The van der Waals surface area contributed by atoms with Gasteiger partial charge in [0.25, 0.3) is 0 Å². The molecule has 0 radical (unpaired) electrons. The van der Waals surface area contributed by atoms with E-state index in [0.29, 0.717) is 31.5 Å². The Morgan fingerprint density at radius 1 is 0.946 bits per heavy atom. The number of halogens is 3. The highest BCUT2D eigenvalue weighted by Gasteiger charge is 2.64. The Hall–Kier alpha value is -3.13. The van der Waals surface area contributed by atoms with Crippen molar-refractivity contribution >= 4 is 74.2 Å². The zero-order valence-electron chi connectivity index (χ0n) is 19.4. The van der Waals surface area contributed by atoms with Crippen molar-refractivity contribution in [3.8, 4) is 5.75 Å². The zero-order valence-corrected chi connectivity index (χ0v) is 22.5. The van der Waals surface area contributed by atoms with Crippen molar-refractivity contribution < 1.29 is 19.1 Å². The highest BCUT2D eigenvalue weighted by Crippen LogP contribution is 2.50. The second kappa shape index (κ2) is 9.01. The summed E-state index contributed by atoms with van der Waals surface area (Å²) in [4.78, 5) is 45.0. The van der Waals surface area contributed by atoms with Crippen LogP contribution < -0.4 is 14.5 Å². The minimum atomic E-state index is -0.891. The Kier molecular flexibility index (Phi) is 5.90. The van der Waals surface area contributed by atoms with Gasteiger partial charge in [-0.3, -0.25) is 14.4 Å². The van der Waals surface area contributed by atoms with Crippen LogP contribution in [0.15, 0.2) is 71.2 Å². The molecule has 6 rings (SSSR count). The van der Waals surface area contributed by atoms with Gasteiger partial charge in [0.15, 0.2) is 5.78 Å². The molecule has 2 amide bonds. The average molecular weight is 598 g/mol. The van der Waals surface area contributed by atoms with E-state index in [1.807, 2.05) is 41.3 Å². The van der Waals surface area contributed by atoms with E-state index in [1.54, 1.807) is 25.3 Å². The summed E-state index contributed by atoms with van der Waals surface area (Å²) in [7, 11) is 1.55. The van der Waals surface area contributed by atoms with Gasteiger partial charge >= 0.3 is 0 Å². The molecule has 4 atom stereocenters. The molecular weight excluding hydrogens is 579 g/mol. The van der Waals surface area contributed by atoms with Crippen molar-refractivity contribution in [2.45, 2.75) is 12.1 Å². The summed E-state index contributed by atoms with van der Waals surface area (Å²) in [5.74, 6) is -2.12. The molecule has 2 saturated heterocycles. The number of imide groups is 1. The fraction of sp³-hybridized carbons (Fsp3) is 0.179. The molecule has 37 heavy (non-hydrogen) atoms. The second-order valence-corrected chi connectivity index (χ2v) is 10.9. The van der Waals surface area contributed by atoms with Gasteiger partial charge in [0.2, 0.25) is 11.8 Å². The van der Waals surface area contributed by atoms with Gasteiger partial charge in [-0.15, -0.1) is 0 Å². The van der Waals surface area contributed by atoms with Crippen LogP contribution in [0.4, 0.5) is 11.4 Å². The van der Waals surface area contributed by atoms with E-state index in [9.17, 15) is 14.4 Å².